The van der Waals surface area contributed by atoms with Crippen molar-refractivity contribution in [3.8, 4) is 0 Å². The molecule has 0 N–H and O–H groups in total. The average Bonchev–Trinajstić information content (AvgIpc) is 2.70. The van der Waals surface area contributed by atoms with Crippen molar-refractivity contribution >= 4 is 29.7 Å². The van der Waals surface area contributed by atoms with Crippen LogP contribution in [-0.4, -0.2) is 37.0 Å². The van der Waals surface area contributed by atoms with Crippen LogP contribution in [0.5, 0.6) is 0 Å². The minimum Gasteiger partial charge on any atom is -0.462 e. The van der Waals surface area contributed by atoms with Gasteiger partial charge in [0.1, 0.15) is 0 Å². The maximum atomic E-state index is 11.9. The number of anilines is 1. The van der Waals surface area contributed by atoms with Crippen LogP contribution in [0.1, 0.15) is 58.8 Å². The normalized spacial score (nSPS) is 12.7. The van der Waals surface area contributed by atoms with E-state index in [4.69, 9.17) is 9.59 Å². The first-order valence-corrected chi connectivity index (χ1v) is 12.7. The lowest BCUT2D eigenvalue weighted by Gasteiger charge is -2.45. The molecule has 2 rings (SSSR count). The summed E-state index contributed by atoms with van der Waals surface area (Å²) in [6.45, 7) is 15.5. The van der Waals surface area contributed by atoms with E-state index in [0.717, 1.165) is 5.69 Å². The van der Waals surface area contributed by atoms with Crippen molar-refractivity contribution in [2.45, 2.75) is 58.8 Å². The number of benzene rings is 2. The number of rotatable bonds is 6. The molecule has 2 aromatic carbocycles. The van der Waals surface area contributed by atoms with E-state index in [1.807, 2.05) is 14.1 Å². The summed E-state index contributed by atoms with van der Waals surface area (Å²) in [7, 11) is 1.91. The van der Waals surface area contributed by atoms with Crippen molar-refractivity contribution < 1.29 is 9.53 Å². The summed E-state index contributed by atoms with van der Waals surface area (Å²) < 4.78 is 5.03. The molecule has 174 valence electrons. The fraction of sp³-hybridized carbons (Fsp3) is 0.480. The van der Waals surface area contributed by atoms with E-state index < -0.39 is 7.05 Å². The zero-order valence-corrected chi connectivity index (χ0v) is 21.8. The van der Waals surface area contributed by atoms with Gasteiger partial charge in [-0.1, -0.05) is 53.7 Å². The summed E-state index contributed by atoms with van der Waals surface area (Å²) in [6.07, 6.45) is 0. The zero-order chi connectivity index (χ0) is 24.2. The monoisotopic (exact) mass is 456 g/mol. The molecule has 0 saturated carbocycles. The van der Waals surface area contributed by atoms with Crippen molar-refractivity contribution in [1.82, 2.24) is 0 Å². The van der Waals surface area contributed by atoms with Gasteiger partial charge < -0.3 is 9.64 Å². The van der Waals surface area contributed by atoms with Crippen LogP contribution < -0.4 is 10.2 Å². The molecule has 0 radical (unpaired) electrons. The highest BCUT2D eigenvalue weighted by Crippen LogP contribution is 2.68. The number of ether oxygens (including phenoxy) is 1. The Balaban J connectivity index is 2.54. The lowest BCUT2D eigenvalue weighted by atomic mass is 10.2. The van der Waals surface area contributed by atoms with Crippen molar-refractivity contribution in [1.29, 1.82) is 0 Å². The molecule has 0 aliphatic rings. The van der Waals surface area contributed by atoms with Crippen LogP contribution in [0, 0.1) is 0 Å². The molecular formula is C25H37N4O2P. The number of hydrogen-bond acceptors (Lipinski definition) is 4. The Bertz CT molecular complexity index is 978. The molecule has 0 spiro atoms. The summed E-state index contributed by atoms with van der Waals surface area (Å²) in [5.41, 5.74) is 2.29. The van der Waals surface area contributed by atoms with Gasteiger partial charge in [0.15, 0.2) is 0 Å². The molecule has 0 amide bonds. The first-order chi connectivity index (χ1) is 14.8. The fourth-order valence-corrected chi connectivity index (χ4v) is 9.02. The molecule has 0 unspecified atom stereocenters. The quantitative estimate of drug-likeness (QED) is 0.202. The highest BCUT2D eigenvalue weighted by molar-refractivity contribution is 7.76. The molecule has 0 atom stereocenters. The molecule has 6 nitrogen and oxygen atoms in total. The highest BCUT2D eigenvalue weighted by Gasteiger charge is 2.45. The highest BCUT2D eigenvalue weighted by atomic mass is 31.2. The maximum absolute atomic E-state index is 11.9. The predicted molar refractivity (Wildman–Crippen MR) is 136 cm³/mol. The second-order valence-electron chi connectivity index (χ2n) is 9.93. The second-order valence-corrected chi connectivity index (χ2v) is 14.6. The fourth-order valence-electron chi connectivity index (χ4n) is 4.08. The van der Waals surface area contributed by atoms with Gasteiger partial charge in [-0.25, -0.2) is 4.79 Å². The Kier molecular flexibility index (Phi) is 8.06. The summed E-state index contributed by atoms with van der Waals surface area (Å²) in [5, 5.41) is 9.71. The Morgan fingerprint density at radius 1 is 0.906 bits per heavy atom. The number of esters is 1. The molecule has 0 heterocycles. The summed E-state index contributed by atoms with van der Waals surface area (Å²) >= 11 is 0. The van der Waals surface area contributed by atoms with E-state index in [2.05, 4.69) is 81.0 Å². The molecule has 0 saturated heterocycles. The van der Waals surface area contributed by atoms with Crippen molar-refractivity contribution in [2.75, 3.05) is 25.6 Å². The molecule has 0 aromatic heterocycles. The van der Waals surface area contributed by atoms with Gasteiger partial charge in [-0.3, -0.25) is 0 Å². The van der Waals surface area contributed by atoms with Crippen LogP contribution in [-0.2, 0) is 4.74 Å². The van der Waals surface area contributed by atoms with Crippen LogP contribution in [0.15, 0.2) is 63.7 Å². The number of carbonyl (C=O) groups excluding carboxylic acids is 1. The third-order valence-electron chi connectivity index (χ3n) is 5.39. The molecule has 2 aromatic rings. The Morgan fingerprint density at radius 2 is 1.44 bits per heavy atom. The van der Waals surface area contributed by atoms with Gasteiger partial charge >= 0.3 is 5.97 Å². The summed E-state index contributed by atoms with van der Waals surface area (Å²) in [5.74, 6) is -0.341. The van der Waals surface area contributed by atoms with Crippen LogP contribution in [0.2, 0.25) is 0 Å². The average molecular weight is 457 g/mol. The SMILES string of the molecule is CCOC(=O)c1ccc(N=NN=P(c2ccc(N(C)C)cc2)(C(C)(C)C)C(C)(C)C)cc1. The van der Waals surface area contributed by atoms with Crippen molar-refractivity contribution in [2.24, 2.45) is 15.2 Å². The van der Waals surface area contributed by atoms with Gasteiger partial charge in [0.2, 0.25) is 0 Å². The van der Waals surface area contributed by atoms with Crippen LogP contribution in [0.3, 0.4) is 0 Å². The van der Waals surface area contributed by atoms with Crippen LogP contribution in [0.25, 0.3) is 0 Å². The number of nitrogens with zero attached hydrogens (tertiary/aromatic N) is 4. The number of hydrogen-bond donors (Lipinski definition) is 0. The van der Waals surface area contributed by atoms with E-state index in [1.165, 1.54) is 5.30 Å². The lowest BCUT2D eigenvalue weighted by Crippen LogP contribution is -2.35. The first kappa shape index (κ1) is 25.8. The minimum absolute atomic E-state index is 0.113. The van der Waals surface area contributed by atoms with E-state index in [-0.39, 0.29) is 16.3 Å². The standard InChI is InChI=1S/C25H37N4O2P/c1-10-31-23(30)19-11-13-20(14-12-19)26-27-28-32(24(2,3)4,25(5,6)7)22-17-15-21(16-18-22)29(8)9/h11-18H,10H2,1-9H3. The second kappa shape index (κ2) is 9.99. The third-order valence-corrected chi connectivity index (χ3v) is 10.7. The van der Waals surface area contributed by atoms with Gasteiger partial charge in [-0.05, 0) is 53.8 Å². The van der Waals surface area contributed by atoms with E-state index >= 15 is 0 Å². The van der Waals surface area contributed by atoms with Gasteiger partial charge in [0.25, 0.3) is 0 Å². The molecule has 0 aliphatic heterocycles. The van der Waals surface area contributed by atoms with Crippen LogP contribution >= 0.6 is 7.05 Å². The van der Waals surface area contributed by atoms with Crippen molar-refractivity contribution in [3.63, 3.8) is 0 Å². The summed E-state index contributed by atoms with van der Waals surface area (Å²) in [6, 6.07) is 15.6. The van der Waals surface area contributed by atoms with Crippen LogP contribution in [0.4, 0.5) is 11.4 Å². The van der Waals surface area contributed by atoms with Crippen molar-refractivity contribution in [3.05, 3.63) is 54.1 Å². The lowest BCUT2D eigenvalue weighted by molar-refractivity contribution is 0.0526. The Morgan fingerprint density at radius 3 is 1.88 bits per heavy atom. The molecule has 7 heteroatoms. The van der Waals surface area contributed by atoms with E-state index in [9.17, 15) is 4.79 Å². The Labute approximate surface area is 193 Å². The molecule has 32 heavy (non-hydrogen) atoms. The zero-order valence-electron chi connectivity index (χ0n) is 20.9. The maximum Gasteiger partial charge on any atom is 0.338 e. The Hall–Kier alpha value is -2.46. The van der Waals surface area contributed by atoms with Gasteiger partial charge in [-0.2, -0.15) is 0 Å². The molecule has 0 bridgehead atoms. The molecule has 0 aliphatic carbocycles. The molecule has 0 fully saturated rings. The van der Waals surface area contributed by atoms with Gasteiger partial charge in [-0.15, -0.1) is 9.97 Å². The van der Waals surface area contributed by atoms with E-state index in [1.54, 1.807) is 31.2 Å². The predicted octanol–water partition coefficient (Wildman–Crippen LogP) is 7.05. The third kappa shape index (κ3) is 5.47. The number of carbonyl (C=O) groups is 1. The van der Waals surface area contributed by atoms with Gasteiger partial charge in [0.05, 0.1) is 17.9 Å². The smallest absolute Gasteiger partial charge is 0.338 e. The topological polar surface area (TPSA) is 66.6 Å². The molecular weight excluding hydrogens is 419 g/mol. The largest absolute Gasteiger partial charge is 0.462 e. The summed E-state index contributed by atoms with van der Waals surface area (Å²) in [4.78, 5) is 18.9. The minimum atomic E-state index is -2.17. The van der Waals surface area contributed by atoms with E-state index in [0.29, 0.717) is 17.9 Å². The first-order valence-electron chi connectivity index (χ1n) is 10.9. The van der Waals surface area contributed by atoms with Gasteiger partial charge in [0, 0.05) is 37.1 Å².